The zero-order chi connectivity index (χ0) is 13.9. The quantitative estimate of drug-likeness (QED) is 0.649. The summed E-state index contributed by atoms with van der Waals surface area (Å²) in [5, 5.41) is 7.57. The minimum absolute atomic E-state index is 0.0803. The molecule has 1 aliphatic heterocycles. The summed E-state index contributed by atoms with van der Waals surface area (Å²) in [6.07, 6.45) is 5.17. The number of hydrogen-bond acceptors (Lipinski definition) is 3. The van der Waals surface area contributed by atoms with Gasteiger partial charge in [0.25, 0.3) is 0 Å². The Hall–Kier alpha value is -2.36. The van der Waals surface area contributed by atoms with Gasteiger partial charge in [-0.2, -0.15) is 0 Å². The number of benzene rings is 1. The highest BCUT2D eigenvalue weighted by molar-refractivity contribution is 5.95. The molecule has 1 aromatic carbocycles. The van der Waals surface area contributed by atoms with Crippen molar-refractivity contribution < 1.29 is 0 Å². The third kappa shape index (κ3) is 2.37. The number of pyridine rings is 1. The fourth-order valence-corrected chi connectivity index (χ4v) is 2.66. The van der Waals surface area contributed by atoms with Crippen LogP contribution in [0.3, 0.4) is 0 Å². The topological polar surface area (TPSA) is 66.0 Å². The number of fused-ring (bicyclic) bond motifs is 1. The van der Waals surface area contributed by atoms with Crippen LogP contribution >= 0.6 is 0 Å². The average molecular weight is 266 g/mol. The van der Waals surface area contributed by atoms with Gasteiger partial charge in [0.1, 0.15) is 11.7 Å². The summed E-state index contributed by atoms with van der Waals surface area (Å²) in [7, 11) is 0. The fraction of sp³-hybridized carbons (Fsp3) is 0.250. The summed E-state index contributed by atoms with van der Waals surface area (Å²) in [5.41, 5.74) is 8.88. The van der Waals surface area contributed by atoms with Gasteiger partial charge in [0, 0.05) is 24.0 Å². The van der Waals surface area contributed by atoms with Gasteiger partial charge >= 0.3 is 0 Å². The molecule has 0 unspecified atom stereocenters. The number of anilines is 2. The maximum absolute atomic E-state index is 7.57. The van der Waals surface area contributed by atoms with Crippen LogP contribution in [0.4, 0.5) is 11.5 Å². The zero-order valence-electron chi connectivity index (χ0n) is 11.3. The van der Waals surface area contributed by atoms with Crippen LogP contribution < -0.4 is 10.6 Å². The second kappa shape index (κ2) is 5.33. The molecular formula is C16H18N4. The standard InChI is InChI=1S/C16H18N4/c17-16(18)13-8-9-19-15(11-13)20-10-4-3-6-12-5-1-2-7-14(12)20/h1-2,5,7-9,11H,3-4,6,10H2,(H3,17,18). The Kier molecular flexibility index (Phi) is 3.37. The van der Waals surface area contributed by atoms with Crippen molar-refractivity contribution >= 4 is 17.3 Å². The van der Waals surface area contributed by atoms with Gasteiger partial charge in [-0.25, -0.2) is 4.98 Å². The molecule has 2 aromatic rings. The second-order valence-electron chi connectivity index (χ2n) is 5.05. The lowest BCUT2D eigenvalue weighted by molar-refractivity contribution is 0.758. The lowest BCUT2D eigenvalue weighted by Crippen LogP contribution is -2.20. The van der Waals surface area contributed by atoms with Crippen molar-refractivity contribution in [3.05, 3.63) is 53.7 Å². The van der Waals surface area contributed by atoms with Gasteiger partial charge in [0.15, 0.2) is 0 Å². The van der Waals surface area contributed by atoms with E-state index in [4.69, 9.17) is 11.1 Å². The summed E-state index contributed by atoms with van der Waals surface area (Å²) in [6, 6.07) is 12.1. The van der Waals surface area contributed by atoms with E-state index in [2.05, 4.69) is 34.1 Å². The van der Waals surface area contributed by atoms with E-state index in [0.29, 0.717) is 0 Å². The number of aromatic nitrogens is 1. The Morgan fingerprint density at radius 3 is 2.90 bits per heavy atom. The van der Waals surface area contributed by atoms with Crippen molar-refractivity contribution in [2.75, 3.05) is 11.4 Å². The summed E-state index contributed by atoms with van der Waals surface area (Å²) < 4.78 is 0. The number of rotatable bonds is 2. The molecule has 2 heterocycles. The van der Waals surface area contributed by atoms with Gasteiger partial charge < -0.3 is 10.6 Å². The summed E-state index contributed by atoms with van der Waals surface area (Å²) in [5.74, 6) is 0.948. The Bertz CT molecular complexity index is 636. The summed E-state index contributed by atoms with van der Waals surface area (Å²) in [6.45, 7) is 0.950. The van der Waals surface area contributed by atoms with Crippen LogP contribution in [0.5, 0.6) is 0 Å². The molecule has 0 saturated carbocycles. The van der Waals surface area contributed by atoms with Crippen LogP contribution in [0, 0.1) is 5.41 Å². The van der Waals surface area contributed by atoms with Crippen LogP contribution in [0.2, 0.25) is 0 Å². The van der Waals surface area contributed by atoms with Gasteiger partial charge in [-0.3, -0.25) is 5.41 Å². The first-order valence-corrected chi connectivity index (χ1v) is 6.91. The van der Waals surface area contributed by atoms with Gasteiger partial charge in [-0.15, -0.1) is 0 Å². The zero-order valence-corrected chi connectivity index (χ0v) is 11.3. The second-order valence-corrected chi connectivity index (χ2v) is 5.05. The molecule has 0 fully saturated rings. The molecule has 1 aliphatic rings. The highest BCUT2D eigenvalue weighted by Crippen LogP contribution is 2.31. The molecule has 0 bridgehead atoms. The van der Waals surface area contributed by atoms with Crippen molar-refractivity contribution in [3.8, 4) is 0 Å². The smallest absolute Gasteiger partial charge is 0.133 e. The number of hydrogen-bond donors (Lipinski definition) is 2. The number of amidine groups is 1. The minimum Gasteiger partial charge on any atom is -0.384 e. The monoisotopic (exact) mass is 266 g/mol. The predicted octanol–water partition coefficient (Wildman–Crippen LogP) is 2.84. The van der Waals surface area contributed by atoms with E-state index in [0.717, 1.165) is 30.8 Å². The third-order valence-electron chi connectivity index (χ3n) is 3.69. The van der Waals surface area contributed by atoms with Crippen molar-refractivity contribution in [2.24, 2.45) is 5.73 Å². The maximum Gasteiger partial charge on any atom is 0.133 e. The van der Waals surface area contributed by atoms with Crippen molar-refractivity contribution in [1.82, 2.24) is 4.98 Å². The molecule has 3 N–H and O–H groups in total. The third-order valence-corrected chi connectivity index (χ3v) is 3.69. The molecule has 0 radical (unpaired) electrons. The highest BCUT2D eigenvalue weighted by atomic mass is 15.2. The Balaban J connectivity index is 2.05. The van der Waals surface area contributed by atoms with Crippen LogP contribution in [0.1, 0.15) is 24.0 Å². The first-order valence-electron chi connectivity index (χ1n) is 6.91. The van der Waals surface area contributed by atoms with Crippen molar-refractivity contribution in [2.45, 2.75) is 19.3 Å². The normalized spacial score (nSPS) is 14.5. The number of aryl methyl sites for hydroxylation is 1. The fourth-order valence-electron chi connectivity index (χ4n) is 2.66. The predicted molar refractivity (Wildman–Crippen MR) is 81.6 cm³/mol. The summed E-state index contributed by atoms with van der Waals surface area (Å²) >= 11 is 0. The first kappa shape index (κ1) is 12.7. The van der Waals surface area contributed by atoms with E-state index in [9.17, 15) is 0 Å². The van der Waals surface area contributed by atoms with Gasteiger partial charge in [-0.05, 0) is 43.0 Å². The van der Waals surface area contributed by atoms with E-state index in [1.807, 2.05) is 6.07 Å². The summed E-state index contributed by atoms with van der Waals surface area (Å²) in [4.78, 5) is 6.69. The Morgan fingerprint density at radius 2 is 2.05 bits per heavy atom. The largest absolute Gasteiger partial charge is 0.384 e. The van der Waals surface area contributed by atoms with Crippen molar-refractivity contribution in [3.63, 3.8) is 0 Å². The number of para-hydroxylation sites is 1. The van der Waals surface area contributed by atoms with E-state index in [-0.39, 0.29) is 5.84 Å². The maximum atomic E-state index is 7.57. The van der Waals surface area contributed by atoms with Gasteiger partial charge in [0.2, 0.25) is 0 Å². The van der Waals surface area contributed by atoms with E-state index in [1.165, 1.54) is 17.7 Å². The van der Waals surface area contributed by atoms with Crippen LogP contribution in [0.15, 0.2) is 42.6 Å². The van der Waals surface area contributed by atoms with Gasteiger partial charge in [0.05, 0.1) is 0 Å². The number of nitrogens with zero attached hydrogens (tertiary/aromatic N) is 2. The van der Waals surface area contributed by atoms with Crippen LogP contribution in [0.25, 0.3) is 0 Å². The molecule has 0 spiro atoms. The van der Waals surface area contributed by atoms with Crippen LogP contribution in [-0.4, -0.2) is 17.4 Å². The van der Waals surface area contributed by atoms with E-state index < -0.39 is 0 Å². The minimum atomic E-state index is 0.0803. The lowest BCUT2D eigenvalue weighted by atomic mass is 10.1. The Morgan fingerprint density at radius 1 is 1.20 bits per heavy atom. The molecule has 102 valence electrons. The highest BCUT2D eigenvalue weighted by Gasteiger charge is 2.17. The van der Waals surface area contributed by atoms with E-state index in [1.54, 1.807) is 12.3 Å². The molecule has 3 rings (SSSR count). The van der Waals surface area contributed by atoms with Crippen LogP contribution in [-0.2, 0) is 6.42 Å². The van der Waals surface area contributed by atoms with E-state index >= 15 is 0 Å². The molecule has 0 atom stereocenters. The molecule has 20 heavy (non-hydrogen) atoms. The molecule has 4 heteroatoms. The average Bonchev–Trinajstić information content (AvgIpc) is 2.69. The number of nitrogens with two attached hydrogens (primary N) is 1. The molecule has 0 saturated heterocycles. The molecule has 0 amide bonds. The first-order chi connectivity index (χ1) is 9.75. The van der Waals surface area contributed by atoms with Gasteiger partial charge in [-0.1, -0.05) is 18.2 Å². The molecule has 0 aliphatic carbocycles. The number of nitrogens with one attached hydrogen (secondary N) is 1. The SMILES string of the molecule is N=C(N)c1ccnc(N2CCCCc3ccccc32)c1. The number of nitrogen functional groups attached to an aromatic ring is 1. The Labute approximate surface area is 118 Å². The molecule has 1 aromatic heterocycles. The molecular weight excluding hydrogens is 248 g/mol. The lowest BCUT2D eigenvalue weighted by Gasteiger charge is -2.24. The molecule has 4 nitrogen and oxygen atoms in total. The van der Waals surface area contributed by atoms with Crippen molar-refractivity contribution in [1.29, 1.82) is 5.41 Å².